The number of rotatable bonds is 4. The summed E-state index contributed by atoms with van der Waals surface area (Å²) in [6.07, 6.45) is 7.64. The van der Waals surface area contributed by atoms with E-state index >= 15 is 0 Å². The highest BCUT2D eigenvalue weighted by molar-refractivity contribution is 5.43. The lowest BCUT2D eigenvalue weighted by atomic mass is 9.92. The van der Waals surface area contributed by atoms with Gasteiger partial charge in [0.2, 0.25) is 0 Å². The van der Waals surface area contributed by atoms with Crippen LogP contribution < -0.4 is 5.73 Å². The van der Waals surface area contributed by atoms with Crippen molar-refractivity contribution in [1.29, 1.82) is 0 Å². The maximum absolute atomic E-state index is 6.40. The van der Waals surface area contributed by atoms with E-state index in [1.54, 1.807) is 0 Å². The Hall–Kier alpha value is -0.990. The first-order chi connectivity index (χ1) is 8.95. The highest BCUT2D eigenvalue weighted by Crippen LogP contribution is 2.37. The third kappa shape index (κ3) is 2.96. The molecule has 0 atom stereocenters. The van der Waals surface area contributed by atoms with Crippen LogP contribution >= 0.6 is 0 Å². The van der Waals surface area contributed by atoms with Crippen molar-refractivity contribution in [2.75, 3.05) is 5.73 Å². The van der Waals surface area contributed by atoms with Gasteiger partial charge in [0.25, 0.3) is 0 Å². The number of hydrogen-bond donors (Lipinski definition) is 1. The minimum absolute atomic E-state index is 0.0366. The summed E-state index contributed by atoms with van der Waals surface area (Å²) in [7, 11) is 0. The molecule has 2 rings (SSSR count). The average Bonchev–Trinajstić information content (AvgIpc) is 2.93. The van der Waals surface area contributed by atoms with Crippen LogP contribution in [-0.2, 0) is 12.0 Å². The van der Waals surface area contributed by atoms with Crippen LogP contribution in [0.1, 0.15) is 83.7 Å². The van der Waals surface area contributed by atoms with E-state index in [2.05, 4.69) is 32.3 Å². The lowest BCUT2D eigenvalue weighted by Crippen LogP contribution is -2.15. The molecule has 0 radical (unpaired) electrons. The van der Waals surface area contributed by atoms with Gasteiger partial charge in [-0.25, -0.2) is 4.98 Å². The zero-order valence-electron chi connectivity index (χ0n) is 13.0. The predicted octanol–water partition coefficient (Wildman–Crippen LogP) is 4.22. The predicted molar refractivity (Wildman–Crippen MR) is 81.5 cm³/mol. The summed E-state index contributed by atoms with van der Waals surface area (Å²) < 4.78 is 2.31. The largest absolute Gasteiger partial charge is 0.384 e. The monoisotopic (exact) mass is 263 g/mol. The van der Waals surface area contributed by atoms with Crippen LogP contribution in [0.3, 0.4) is 0 Å². The molecule has 3 heteroatoms. The number of imidazole rings is 1. The molecule has 0 saturated heterocycles. The molecule has 1 fully saturated rings. The second-order valence-electron chi connectivity index (χ2n) is 6.94. The van der Waals surface area contributed by atoms with Crippen molar-refractivity contribution in [2.45, 2.75) is 84.1 Å². The zero-order chi connectivity index (χ0) is 14.0. The first kappa shape index (κ1) is 14.4. The fourth-order valence-corrected chi connectivity index (χ4v) is 3.08. The minimum Gasteiger partial charge on any atom is -0.384 e. The molecule has 0 amide bonds. The van der Waals surface area contributed by atoms with Gasteiger partial charge in [0.15, 0.2) is 0 Å². The summed E-state index contributed by atoms with van der Waals surface area (Å²) >= 11 is 0. The number of nitrogen functional groups attached to an aromatic ring is 1. The minimum atomic E-state index is 0.0366. The first-order valence-electron chi connectivity index (χ1n) is 7.81. The molecular formula is C16H29N3. The normalized spacial score (nSPS) is 17.3. The third-order valence-electron chi connectivity index (χ3n) is 4.20. The van der Waals surface area contributed by atoms with Crippen LogP contribution in [0.15, 0.2) is 0 Å². The Morgan fingerprint density at radius 1 is 1.26 bits per heavy atom. The van der Waals surface area contributed by atoms with Gasteiger partial charge in [-0.1, -0.05) is 47.0 Å². The molecule has 108 valence electrons. The van der Waals surface area contributed by atoms with E-state index in [9.17, 15) is 0 Å². The number of nitrogens with two attached hydrogens (primary N) is 1. The van der Waals surface area contributed by atoms with Crippen molar-refractivity contribution in [1.82, 2.24) is 9.55 Å². The van der Waals surface area contributed by atoms with Gasteiger partial charge in [-0.05, 0) is 19.3 Å². The van der Waals surface area contributed by atoms with Gasteiger partial charge in [0.1, 0.15) is 11.6 Å². The van der Waals surface area contributed by atoms with E-state index in [4.69, 9.17) is 10.7 Å². The van der Waals surface area contributed by atoms with Crippen molar-refractivity contribution in [3.05, 3.63) is 11.5 Å². The summed E-state index contributed by atoms with van der Waals surface area (Å²) in [5, 5.41) is 0. The fraction of sp³-hybridized carbons (Fsp3) is 0.812. The summed E-state index contributed by atoms with van der Waals surface area (Å²) in [6, 6.07) is 0. The van der Waals surface area contributed by atoms with Crippen molar-refractivity contribution in [3.8, 4) is 0 Å². The molecule has 19 heavy (non-hydrogen) atoms. The molecule has 1 aromatic heterocycles. The van der Waals surface area contributed by atoms with Gasteiger partial charge in [-0.2, -0.15) is 0 Å². The van der Waals surface area contributed by atoms with Gasteiger partial charge in [-0.3, -0.25) is 0 Å². The molecule has 1 aliphatic rings. The molecule has 1 aromatic rings. The number of unbranched alkanes of at least 4 members (excludes halogenated alkanes) is 1. The van der Waals surface area contributed by atoms with Crippen molar-refractivity contribution in [2.24, 2.45) is 0 Å². The van der Waals surface area contributed by atoms with E-state index in [0.717, 1.165) is 18.1 Å². The Morgan fingerprint density at radius 2 is 1.89 bits per heavy atom. The zero-order valence-corrected chi connectivity index (χ0v) is 13.0. The standard InChI is InChI=1S/C16H29N3/c1-5-6-11-19-14(17)13(16(2,3)4)18-15(19)12-9-7-8-10-12/h12H,5-11,17H2,1-4H3. The van der Waals surface area contributed by atoms with Gasteiger partial charge >= 0.3 is 0 Å². The van der Waals surface area contributed by atoms with Crippen molar-refractivity contribution >= 4 is 5.82 Å². The van der Waals surface area contributed by atoms with Crippen LogP contribution in [0.25, 0.3) is 0 Å². The molecule has 0 aliphatic heterocycles. The first-order valence-corrected chi connectivity index (χ1v) is 7.81. The Morgan fingerprint density at radius 3 is 2.42 bits per heavy atom. The van der Waals surface area contributed by atoms with Gasteiger partial charge in [0, 0.05) is 17.9 Å². The lowest BCUT2D eigenvalue weighted by Gasteiger charge is -2.16. The molecule has 0 unspecified atom stereocenters. The molecule has 1 aliphatic carbocycles. The fourth-order valence-electron chi connectivity index (χ4n) is 3.08. The highest BCUT2D eigenvalue weighted by Gasteiger charge is 2.29. The molecule has 0 aromatic carbocycles. The van der Waals surface area contributed by atoms with E-state index in [1.165, 1.54) is 44.3 Å². The van der Waals surface area contributed by atoms with E-state index in [0.29, 0.717) is 5.92 Å². The van der Waals surface area contributed by atoms with E-state index in [1.807, 2.05) is 0 Å². The van der Waals surface area contributed by atoms with Crippen molar-refractivity contribution < 1.29 is 0 Å². The number of hydrogen-bond acceptors (Lipinski definition) is 2. The second-order valence-corrected chi connectivity index (χ2v) is 6.94. The Labute approximate surface area is 117 Å². The van der Waals surface area contributed by atoms with Crippen LogP contribution in [0.2, 0.25) is 0 Å². The Balaban J connectivity index is 2.38. The maximum Gasteiger partial charge on any atom is 0.127 e. The van der Waals surface area contributed by atoms with Crippen LogP contribution in [0.4, 0.5) is 5.82 Å². The maximum atomic E-state index is 6.40. The SMILES string of the molecule is CCCCn1c(C2CCCC2)nc(C(C)(C)C)c1N. The quantitative estimate of drug-likeness (QED) is 0.884. The van der Waals surface area contributed by atoms with Crippen LogP contribution in [0.5, 0.6) is 0 Å². The van der Waals surface area contributed by atoms with Gasteiger partial charge in [0.05, 0.1) is 5.69 Å². The molecule has 2 N–H and O–H groups in total. The Kier molecular flexibility index (Phi) is 4.22. The summed E-state index contributed by atoms with van der Waals surface area (Å²) in [5.74, 6) is 2.80. The average molecular weight is 263 g/mol. The van der Waals surface area contributed by atoms with Crippen molar-refractivity contribution in [3.63, 3.8) is 0 Å². The number of anilines is 1. The smallest absolute Gasteiger partial charge is 0.127 e. The molecule has 1 heterocycles. The topological polar surface area (TPSA) is 43.8 Å². The van der Waals surface area contributed by atoms with E-state index < -0.39 is 0 Å². The summed E-state index contributed by atoms with van der Waals surface area (Å²) in [6.45, 7) is 9.86. The van der Waals surface area contributed by atoms with Gasteiger partial charge in [-0.15, -0.1) is 0 Å². The summed E-state index contributed by atoms with van der Waals surface area (Å²) in [5.41, 5.74) is 7.52. The number of aromatic nitrogens is 2. The Bertz CT molecular complexity index is 420. The number of nitrogens with zero attached hydrogens (tertiary/aromatic N) is 2. The van der Waals surface area contributed by atoms with Crippen LogP contribution in [0, 0.1) is 0 Å². The third-order valence-corrected chi connectivity index (χ3v) is 4.20. The molecule has 3 nitrogen and oxygen atoms in total. The van der Waals surface area contributed by atoms with Crippen LogP contribution in [-0.4, -0.2) is 9.55 Å². The molecular weight excluding hydrogens is 234 g/mol. The van der Waals surface area contributed by atoms with Gasteiger partial charge < -0.3 is 10.3 Å². The molecule has 1 saturated carbocycles. The summed E-state index contributed by atoms with van der Waals surface area (Å²) in [4.78, 5) is 4.95. The second kappa shape index (κ2) is 5.56. The highest BCUT2D eigenvalue weighted by atomic mass is 15.1. The lowest BCUT2D eigenvalue weighted by molar-refractivity contribution is 0.558. The molecule has 0 bridgehead atoms. The molecule has 0 spiro atoms. The van der Waals surface area contributed by atoms with E-state index in [-0.39, 0.29) is 5.41 Å².